The van der Waals surface area contributed by atoms with Gasteiger partial charge >= 0.3 is 0 Å². The first-order chi connectivity index (χ1) is 20.3. The standard InChI is InChI=1S/C32H38FN5O4/c1-4-37(5-2)16-17-41-30-18-23(6-8-27(30)33)19-31-35-13-10-28(36-31)24-7-9-29(25(20-24)21-34)42-26-11-14-38(15-12-26)32(40)22(3)39/h6-10,13,18,20,22,26,39H,4-5,11-12,14-17,19H2,1-3H3/t22-/m0/s1. The van der Waals surface area contributed by atoms with Crippen LogP contribution in [0.1, 0.15) is 50.6 Å². The predicted molar refractivity (Wildman–Crippen MR) is 157 cm³/mol. The third kappa shape index (κ3) is 8.02. The first-order valence-electron chi connectivity index (χ1n) is 14.4. The van der Waals surface area contributed by atoms with Gasteiger partial charge < -0.3 is 24.4 Å². The van der Waals surface area contributed by atoms with Gasteiger partial charge in [-0.15, -0.1) is 0 Å². The minimum atomic E-state index is -1.02. The van der Waals surface area contributed by atoms with Gasteiger partial charge in [-0.25, -0.2) is 14.4 Å². The van der Waals surface area contributed by atoms with E-state index in [2.05, 4.69) is 29.8 Å². The van der Waals surface area contributed by atoms with Crippen LogP contribution < -0.4 is 9.47 Å². The summed E-state index contributed by atoms with van der Waals surface area (Å²) in [5.74, 6) is 0.573. The van der Waals surface area contributed by atoms with Crippen molar-refractivity contribution in [3.05, 3.63) is 71.4 Å². The van der Waals surface area contributed by atoms with Gasteiger partial charge in [0.25, 0.3) is 5.91 Å². The molecular weight excluding hydrogens is 537 g/mol. The molecule has 0 saturated carbocycles. The monoisotopic (exact) mass is 575 g/mol. The van der Waals surface area contributed by atoms with Crippen molar-refractivity contribution in [1.29, 1.82) is 5.26 Å². The van der Waals surface area contributed by atoms with Gasteiger partial charge in [0, 0.05) is 50.7 Å². The smallest absolute Gasteiger partial charge is 0.251 e. The van der Waals surface area contributed by atoms with Crippen molar-refractivity contribution in [3.8, 4) is 28.8 Å². The Bertz CT molecular complexity index is 1400. The zero-order chi connectivity index (χ0) is 30.1. The Hall–Kier alpha value is -4.07. The van der Waals surface area contributed by atoms with Crippen LogP contribution in [0.5, 0.6) is 11.5 Å². The van der Waals surface area contributed by atoms with Crippen LogP contribution in [0.2, 0.25) is 0 Å². The van der Waals surface area contributed by atoms with E-state index in [4.69, 9.17) is 14.5 Å². The topological polar surface area (TPSA) is 112 Å². The SMILES string of the molecule is CCN(CC)CCOc1cc(Cc2nccc(-c3ccc(OC4CCN(C(=O)[C@H](C)O)CC4)c(C#N)c3)n2)ccc1F. The molecule has 1 fully saturated rings. The molecule has 10 heteroatoms. The number of likely N-dealkylation sites (tertiary alicyclic amines) is 1. The number of likely N-dealkylation sites (N-methyl/N-ethyl adjacent to an activating group) is 1. The third-order valence-electron chi connectivity index (χ3n) is 7.42. The Morgan fingerprint density at radius 3 is 2.62 bits per heavy atom. The molecule has 1 atom stereocenters. The summed E-state index contributed by atoms with van der Waals surface area (Å²) in [7, 11) is 0. The van der Waals surface area contributed by atoms with Crippen LogP contribution >= 0.6 is 0 Å². The lowest BCUT2D eigenvalue weighted by Crippen LogP contribution is -2.45. The van der Waals surface area contributed by atoms with Gasteiger partial charge in [0.05, 0.1) is 11.3 Å². The summed E-state index contributed by atoms with van der Waals surface area (Å²) in [6, 6.07) is 14.2. The van der Waals surface area contributed by atoms with Crippen molar-refractivity contribution in [1.82, 2.24) is 19.8 Å². The van der Waals surface area contributed by atoms with Crippen LogP contribution in [-0.2, 0) is 11.2 Å². The van der Waals surface area contributed by atoms with E-state index in [0.29, 0.717) is 61.8 Å². The van der Waals surface area contributed by atoms with Crippen LogP contribution in [-0.4, -0.2) is 82.3 Å². The lowest BCUT2D eigenvalue weighted by atomic mass is 10.1. The van der Waals surface area contributed by atoms with E-state index in [1.807, 2.05) is 6.07 Å². The number of halogens is 1. The first kappa shape index (κ1) is 30.9. The quantitative estimate of drug-likeness (QED) is 0.342. The van der Waals surface area contributed by atoms with Gasteiger partial charge in [-0.2, -0.15) is 5.26 Å². The second-order valence-corrected chi connectivity index (χ2v) is 10.3. The van der Waals surface area contributed by atoms with Gasteiger partial charge in [-0.3, -0.25) is 4.79 Å². The number of aliphatic hydroxyl groups is 1. The normalized spacial score (nSPS) is 14.5. The molecule has 1 aliphatic heterocycles. The van der Waals surface area contributed by atoms with E-state index in [1.54, 1.807) is 41.4 Å². The maximum atomic E-state index is 14.4. The van der Waals surface area contributed by atoms with Gasteiger partial charge in [-0.1, -0.05) is 19.9 Å². The average molecular weight is 576 g/mol. The van der Waals surface area contributed by atoms with Crippen molar-refractivity contribution in [3.63, 3.8) is 0 Å². The van der Waals surface area contributed by atoms with Crippen molar-refractivity contribution < 1.29 is 23.8 Å². The summed E-state index contributed by atoms with van der Waals surface area (Å²) in [4.78, 5) is 25.0. The lowest BCUT2D eigenvalue weighted by Gasteiger charge is -2.33. The number of ether oxygens (including phenoxy) is 2. The van der Waals surface area contributed by atoms with E-state index in [1.165, 1.54) is 13.0 Å². The molecule has 4 rings (SSSR count). The van der Waals surface area contributed by atoms with Crippen molar-refractivity contribution in [2.24, 2.45) is 0 Å². The predicted octanol–water partition coefficient (Wildman–Crippen LogP) is 4.22. The molecule has 1 aromatic heterocycles. The maximum Gasteiger partial charge on any atom is 0.251 e. The number of amides is 1. The summed E-state index contributed by atoms with van der Waals surface area (Å²) < 4.78 is 26.2. The molecule has 2 aromatic carbocycles. The van der Waals surface area contributed by atoms with Crippen LogP contribution in [0.3, 0.4) is 0 Å². The molecule has 3 aromatic rings. The fraction of sp³-hybridized carbons (Fsp3) is 0.438. The lowest BCUT2D eigenvalue weighted by molar-refractivity contribution is -0.141. The number of nitriles is 1. The fourth-order valence-electron chi connectivity index (χ4n) is 4.94. The average Bonchev–Trinajstić information content (AvgIpc) is 3.01. The molecule has 2 heterocycles. The summed E-state index contributed by atoms with van der Waals surface area (Å²) in [5, 5.41) is 19.4. The summed E-state index contributed by atoms with van der Waals surface area (Å²) >= 11 is 0. The molecule has 1 aliphatic rings. The number of rotatable bonds is 12. The number of piperidine rings is 1. The summed E-state index contributed by atoms with van der Waals surface area (Å²) in [6.45, 7) is 9.57. The van der Waals surface area contributed by atoms with Gasteiger partial charge in [0.15, 0.2) is 11.6 Å². The number of hydrogen-bond donors (Lipinski definition) is 1. The Morgan fingerprint density at radius 1 is 1.17 bits per heavy atom. The van der Waals surface area contributed by atoms with Crippen molar-refractivity contribution in [2.75, 3.05) is 39.3 Å². The highest BCUT2D eigenvalue weighted by Crippen LogP contribution is 2.28. The maximum absolute atomic E-state index is 14.4. The Balaban J connectivity index is 1.41. The van der Waals surface area contributed by atoms with Crippen LogP contribution in [0, 0.1) is 17.1 Å². The summed E-state index contributed by atoms with van der Waals surface area (Å²) in [5.41, 5.74) is 2.62. The molecule has 9 nitrogen and oxygen atoms in total. The van der Waals surface area contributed by atoms with E-state index < -0.39 is 11.9 Å². The number of aromatic nitrogens is 2. The largest absolute Gasteiger partial charge is 0.489 e. The second kappa shape index (κ2) is 14.7. The number of carbonyl (C=O) groups excluding carboxylic acids is 1. The van der Waals surface area contributed by atoms with Gasteiger partial charge in [0.2, 0.25) is 0 Å². The third-order valence-corrected chi connectivity index (χ3v) is 7.42. The highest BCUT2D eigenvalue weighted by molar-refractivity contribution is 5.80. The second-order valence-electron chi connectivity index (χ2n) is 10.3. The van der Waals surface area contributed by atoms with Gasteiger partial charge in [-0.05, 0) is 62.0 Å². The minimum absolute atomic E-state index is 0.131. The molecule has 0 spiro atoms. The molecule has 1 amide bonds. The highest BCUT2D eigenvalue weighted by atomic mass is 19.1. The number of carbonyl (C=O) groups is 1. The summed E-state index contributed by atoms with van der Waals surface area (Å²) in [6.07, 6.45) is 2.15. The molecule has 0 bridgehead atoms. The molecule has 0 aliphatic carbocycles. The van der Waals surface area contributed by atoms with Gasteiger partial charge in [0.1, 0.15) is 36.5 Å². The molecule has 42 heavy (non-hydrogen) atoms. The first-order valence-corrected chi connectivity index (χ1v) is 14.4. The zero-order valence-corrected chi connectivity index (χ0v) is 24.4. The van der Waals surface area contributed by atoms with Crippen LogP contribution in [0.4, 0.5) is 4.39 Å². The number of aliphatic hydroxyl groups excluding tert-OH is 1. The minimum Gasteiger partial charge on any atom is -0.489 e. The van der Waals surface area contributed by atoms with E-state index in [0.717, 1.165) is 30.8 Å². The van der Waals surface area contributed by atoms with Crippen molar-refractivity contribution in [2.45, 2.75) is 52.2 Å². The number of benzene rings is 2. The van der Waals surface area contributed by atoms with E-state index >= 15 is 0 Å². The highest BCUT2D eigenvalue weighted by Gasteiger charge is 2.26. The zero-order valence-electron chi connectivity index (χ0n) is 24.4. The Morgan fingerprint density at radius 2 is 1.93 bits per heavy atom. The van der Waals surface area contributed by atoms with Crippen LogP contribution in [0.15, 0.2) is 48.7 Å². The molecule has 1 saturated heterocycles. The molecule has 1 N–H and O–H groups in total. The molecule has 0 radical (unpaired) electrons. The number of hydrogen-bond acceptors (Lipinski definition) is 8. The van der Waals surface area contributed by atoms with E-state index in [9.17, 15) is 19.6 Å². The Labute approximate surface area is 246 Å². The van der Waals surface area contributed by atoms with E-state index in [-0.39, 0.29) is 17.8 Å². The van der Waals surface area contributed by atoms with Crippen molar-refractivity contribution >= 4 is 5.91 Å². The molecule has 0 unspecified atom stereocenters. The van der Waals surface area contributed by atoms with Crippen LogP contribution in [0.25, 0.3) is 11.3 Å². The molecular formula is C32H38FN5O4. The Kier molecular flexibility index (Phi) is 10.8. The fourth-order valence-corrected chi connectivity index (χ4v) is 4.94. The molecule has 222 valence electrons. The number of nitrogens with zero attached hydrogens (tertiary/aromatic N) is 5.